The monoisotopic (exact) mass is 361 g/mol. The first-order valence-electron chi connectivity index (χ1n) is 8.56. The molecular formula is C22H19NO4. The fourth-order valence-electron chi connectivity index (χ4n) is 3.27. The molecular weight excluding hydrogens is 342 g/mol. The summed E-state index contributed by atoms with van der Waals surface area (Å²) < 4.78 is 16.5. The minimum absolute atomic E-state index is 0.302. The van der Waals surface area contributed by atoms with Gasteiger partial charge in [0, 0.05) is 28.1 Å². The van der Waals surface area contributed by atoms with Crippen LogP contribution in [0.1, 0.15) is 16.1 Å². The minimum Gasteiger partial charge on any atom is -0.493 e. The molecule has 0 unspecified atom stereocenters. The Bertz CT molecular complexity index is 1160. The van der Waals surface area contributed by atoms with Crippen LogP contribution in [-0.2, 0) is 0 Å². The number of anilines is 1. The number of hydrogen-bond acceptors (Lipinski definition) is 4. The quantitative estimate of drug-likeness (QED) is 0.545. The van der Waals surface area contributed by atoms with Crippen molar-refractivity contribution < 1.29 is 18.7 Å². The van der Waals surface area contributed by atoms with Crippen molar-refractivity contribution in [2.24, 2.45) is 0 Å². The first-order valence-corrected chi connectivity index (χ1v) is 8.56. The van der Waals surface area contributed by atoms with Gasteiger partial charge in [-0.15, -0.1) is 0 Å². The Labute approximate surface area is 156 Å². The molecule has 1 heterocycles. The van der Waals surface area contributed by atoms with E-state index >= 15 is 0 Å². The second-order valence-corrected chi connectivity index (χ2v) is 6.24. The average Bonchev–Trinajstić information content (AvgIpc) is 3.05. The van der Waals surface area contributed by atoms with Crippen molar-refractivity contribution in [2.75, 3.05) is 19.5 Å². The van der Waals surface area contributed by atoms with Crippen molar-refractivity contribution in [3.63, 3.8) is 0 Å². The van der Waals surface area contributed by atoms with E-state index in [9.17, 15) is 4.79 Å². The fourth-order valence-corrected chi connectivity index (χ4v) is 3.27. The number of hydrogen-bond donors (Lipinski definition) is 1. The lowest BCUT2D eigenvalue weighted by atomic mass is 10.1. The summed E-state index contributed by atoms with van der Waals surface area (Å²) >= 11 is 0. The van der Waals surface area contributed by atoms with E-state index in [0.29, 0.717) is 22.9 Å². The van der Waals surface area contributed by atoms with Crippen LogP contribution in [0.3, 0.4) is 0 Å². The highest BCUT2D eigenvalue weighted by Gasteiger charge is 2.19. The molecule has 0 aliphatic heterocycles. The van der Waals surface area contributed by atoms with E-state index < -0.39 is 0 Å². The predicted molar refractivity (Wildman–Crippen MR) is 106 cm³/mol. The molecule has 0 saturated heterocycles. The van der Waals surface area contributed by atoms with E-state index in [0.717, 1.165) is 27.3 Å². The number of nitrogens with one attached hydrogen (secondary N) is 1. The zero-order valence-electron chi connectivity index (χ0n) is 15.3. The summed E-state index contributed by atoms with van der Waals surface area (Å²) in [4.78, 5) is 12.8. The second-order valence-electron chi connectivity index (χ2n) is 6.24. The highest BCUT2D eigenvalue weighted by molar-refractivity contribution is 6.11. The third kappa shape index (κ3) is 2.87. The molecule has 0 bridgehead atoms. The molecule has 1 aromatic heterocycles. The Kier molecular flexibility index (Phi) is 4.20. The smallest absolute Gasteiger partial charge is 0.291 e. The van der Waals surface area contributed by atoms with Crippen LogP contribution in [0.15, 0.2) is 59.0 Å². The third-order valence-electron chi connectivity index (χ3n) is 4.68. The Hall–Kier alpha value is -3.47. The summed E-state index contributed by atoms with van der Waals surface area (Å²) in [6.45, 7) is 1.89. The number of fused-ring (bicyclic) bond motifs is 3. The molecule has 4 aromatic rings. The zero-order chi connectivity index (χ0) is 19.0. The van der Waals surface area contributed by atoms with Crippen molar-refractivity contribution in [3.05, 3.63) is 65.9 Å². The lowest BCUT2D eigenvalue weighted by Gasteiger charge is -2.10. The Balaban J connectivity index is 1.73. The summed E-state index contributed by atoms with van der Waals surface area (Å²) in [5.74, 6) is 1.14. The molecule has 3 aromatic carbocycles. The number of aryl methyl sites for hydroxylation is 1. The summed E-state index contributed by atoms with van der Waals surface area (Å²) in [6, 6.07) is 17.2. The van der Waals surface area contributed by atoms with Gasteiger partial charge >= 0.3 is 0 Å². The van der Waals surface area contributed by atoms with E-state index in [-0.39, 0.29) is 5.91 Å². The fraction of sp³-hybridized carbons (Fsp3) is 0.136. The van der Waals surface area contributed by atoms with Crippen molar-refractivity contribution >= 4 is 33.3 Å². The van der Waals surface area contributed by atoms with E-state index in [1.165, 1.54) is 0 Å². The summed E-state index contributed by atoms with van der Waals surface area (Å²) in [5.41, 5.74) is 2.14. The molecule has 0 aliphatic carbocycles. The molecule has 0 spiro atoms. The highest BCUT2D eigenvalue weighted by Crippen LogP contribution is 2.33. The largest absolute Gasteiger partial charge is 0.493 e. The number of ether oxygens (including phenoxy) is 2. The molecule has 5 nitrogen and oxygen atoms in total. The number of furan rings is 1. The number of amides is 1. The third-order valence-corrected chi connectivity index (χ3v) is 4.68. The number of carbonyl (C=O) groups excluding carboxylic acids is 1. The highest BCUT2D eigenvalue weighted by atomic mass is 16.5. The van der Waals surface area contributed by atoms with Crippen LogP contribution in [-0.4, -0.2) is 20.1 Å². The first kappa shape index (κ1) is 17.0. The lowest BCUT2D eigenvalue weighted by molar-refractivity contribution is 0.0998. The van der Waals surface area contributed by atoms with Gasteiger partial charge in [-0.2, -0.15) is 0 Å². The molecule has 4 rings (SSSR count). The molecule has 1 N–H and O–H groups in total. The van der Waals surface area contributed by atoms with E-state index in [4.69, 9.17) is 13.9 Å². The van der Waals surface area contributed by atoms with Crippen molar-refractivity contribution in [1.82, 2.24) is 0 Å². The Morgan fingerprint density at radius 1 is 0.926 bits per heavy atom. The average molecular weight is 361 g/mol. The van der Waals surface area contributed by atoms with Gasteiger partial charge in [0.15, 0.2) is 17.3 Å². The second kappa shape index (κ2) is 6.68. The van der Waals surface area contributed by atoms with Crippen LogP contribution >= 0.6 is 0 Å². The van der Waals surface area contributed by atoms with E-state index in [2.05, 4.69) is 5.32 Å². The molecule has 5 heteroatoms. The number of rotatable bonds is 4. The lowest BCUT2D eigenvalue weighted by Crippen LogP contribution is -2.12. The topological polar surface area (TPSA) is 60.7 Å². The molecule has 27 heavy (non-hydrogen) atoms. The summed E-state index contributed by atoms with van der Waals surface area (Å²) in [6.07, 6.45) is 0. The Morgan fingerprint density at radius 3 is 2.48 bits per heavy atom. The van der Waals surface area contributed by atoms with Gasteiger partial charge in [-0.1, -0.05) is 36.4 Å². The van der Waals surface area contributed by atoms with Crippen LogP contribution in [0.4, 0.5) is 5.69 Å². The van der Waals surface area contributed by atoms with Crippen LogP contribution < -0.4 is 14.8 Å². The van der Waals surface area contributed by atoms with Gasteiger partial charge in [-0.3, -0.25) is 4.79 Å². The zero-order valence-corrected chi connectivity index (χ0v) is 15.3. The molecule has 136 valence electrons. The van der Waals surface area contributed by atoms with Gasteiger partial charge in [0.1, 0.15) is 5.58 Å². The maximum atomic E-state index is 12.8. The predicted octanol–water partition coefficient (Wildman–Crippen LogP) is 5.16. The Morgan fingerprint density at radius 2 is 1.70 bits per heavy atom. The molecule has 0 fully saturated rings. The first-order chi connectivity index (χ1) is 13.1. The summed E-state index contributed by atoms with van der Waals surface area (Å²) in [5, 5.41) is 5.87. The van der Waals surface area contributed by atoms with Crippen molar-refractivity contribution in [2.45, 2.75) is 6.92 Å². The van der Waals surface area contributed by atoms with Gasteiger partial charge < -0.3 is 19.2 Å². The van der Waals surface area contributed by atoms with Gasteiger partial charge in [-0.05, 0) is 24.4 Å². The van der Waals surface area contributed by atoms with Gasteiger partial charge in [0.05, 0.1) is 14.2 Å². The van der Waals surface area contributed by atoms with Crippen LogP contribution in [0.5, 0.6) is 11.5 Å². The van der Waals surface area contributed by atoms with Gasteiger partial charge in [0.25, 0.3) is 5.91 Å². The van der Waals surface area contributed by atoms with E-state index in [1.807, 2.05) is 43.3 Å². The number of benzene rings is 3. The van der Waals surface area contributed by atoms with Crippen LogP contribution in [0, 0.1) is 6.92 Å². The molecule has 0 saturated carbocycles. The van der Waals surface area contributed by atoms with E-state index in [1.54, 1.807) is 32.4 Å². The maximum absolute atomic E-state index is 12.8. The molecule has 0 aliphatic rings. The molecule has 0 radical (unpaired) electrons. The SMILES string of the molecule is COc1ccc(NC(=O)c2oc3c(ccc4ccccc43)c2C)cc1OC. The van der Waals surface area contributed by atoms with Gasteiger partial charge in [0.2, 0.25) is 0 Å². The van der Waals surface area contributed by atoms with Crippen molar-refractivity contribution in [1.29, 1.82) is 0 Å². The standard InChI is InChI=1S/C22H19NO4/c1-13-16-10-8-14-6-4-5-7-17(14)21(16)27-20(13)22(24)23-15-9-11-18(25-2)19(12-15)26-3/h4-12H,1-3H3,(H,23,24). The summed E-state index contributed by atoms with van der Waals surface area (Å²) in [7, 11) is 3.12. The minimum atomic E-state index is -0.306. The van der Waals surface area contributed by atoms with Gasteiger partial charge in [-0.25, -0.2) is 0 Å². The molecule has 1 amide bonds. The number of methoxy groups -OCH3 is 2. The van der Waals surface area contributed by atoms with Crippen LogP contribution in [0.25, 0.3) is 21.7 Å². The number of carbonyl (C=O) groups is 1. The normalized spacial score (nSPS) is 10.9. The van der Waals surface area contributed by atoms with Crippen molar-refractivity contribution in [3.8, 4) is 11.5 Å². The molecule has 0 atom stereocenters. The van der Waals surface area contributed by atoms with Crippen LogP contribution in [0.2, 0.25) is 0 Å². The maximum Gasteiger partial charge on any atom is 0.291 e.